The Morgan fingerprint density at radius 1 is 1.33 bits per heavy atom. The molecule has 0 aromatic carbocycles. The summed E-state index contributed by atoms with van der Waals surface area (Å²) in [5.41, 5.74) is -0.456. The zero-order chi connectivity index (χ0) is 13.6. The maximum Gasteiger partial charge on any atom is 0.305 e. The molecular formula is C14H25NO3. The molecule has 1 fully saturated rings. The Kier molecular flexibility index (Phi) is 5.63. The average molecular weight is 255 g/mol. The van der Waals surface area contributed by atoms with Gasteiger partial charge in [-0.3, -0.25) is 9.59 Å². The molecule has 0 bridgehead atoms. The molecular weight excluding hydrogens is 230 g/mol. The van der Waals surface area contributed by atoms with Gasteiger partial charge in [0.05, 0.1) is 12.0 Å². The van der Waals surface area contributed by atoms with Crippen LogP contribution in [-0.4, -0.2) is 22.5 Å². The van der Waals surface area contributed by atoms with Gasteiger partial charge in [0.15, 0.2) is 0 Å². The lowest BCUT2D eigenvalue weighted by Gasteiger charge is -2.42. The van der Waals surface area contributed by atoms with Crippen LogP contribution in [0.5, 0.6) is 0 Å². The number of aliphatic carboxylic acids is 1. The molecule has 0 heterocycles. The standard InChI is InChI=1S/C14H25NO3/c1-3-5-7-11(4-2)13(18)15-14(8-6-9-14)10-12(16)17/h11H,3-10H2,1-2H3,(H,15,18)(H,16,17). The molecule has 0 spiro atoms. The second-order valence-corrected chi connectivity index (χ2v) is 5.44. The van der Waals surface area contributed by atoms with Crippen molar-refractivity contribution in [2.24, 2.45) is 5.92 Å². The number of carbonyl (C=O) groups excluding carboxylic acids is 1. The van der Waals surface area contributed by atoms with Crippen molar-refractivity contribution in [3.8, 4) is 0 Å². The molecule has 1 rings (SSSR count). The second kappa shape index (κ2) is 6.76. The Bertz CT molecular complexity index is 297. The van der Waals surface area contributed by atoms with E-state index in [0.29, 0.717) is 0 Å². The van der Waals surface area contributed by atoms with E-state index in [2.05, 4.69) is 12.2 Å². The van der Waals surface area contributed by atoms with Crippen molar-refractivity contribution in [2.45, 2.75) is 70.8 Å². The number of hydrogen-bond acceptors (Lipinski definition) is 2. The molecule has 0 aliphatic heterocycles. The molecule has 104 valence electrons. The molecule has 0 aromatic rings. The zero-order valence-electron chi connectivity index (χ0n) is 11.5. The quantitative estimate of drug-likeness (QED) is 0.700. The molecule has 1 atom stereocenters. The van der Waals surface area contributed by atoms with Crippen LogP contribution < -0.4 is 5.32 Å². The van der Waals surface area contributed by atoms with Gasteiger partial charge in [0.25, 0.3) is 0 Å². The van der Waals surface area contributed by atoms with Crippen molar-refractivity contribution < 1.29 is 14.7 Å². The van der Waals surface area contributed by atoms with Crippen LogP contribution in [0.2, 0.25) is 0 Å². The zero-order valence-corrected chi connectivity index (χ0v) is 11.5. The first-order valence-electron chi connectivity index (χ1n) is 7.07. The molecule has 0 aromatic heterocycles. The molecule has 1 aliphatic carbocycles. The number of carbonyl (C=O) groups is 2. The summed E-state index contributed by atoms with van der Waals surface area (Å²) in [5.74, 6) is -0.736. The highest BCUT2D eigenvalue weighted by Gasteiger charge is 2.41. The van der Waals surface area contributed by atoms with E-state index in [9.17, 15) is 9.59 Å². The van der Waals surface area contributed by atoms with E-state index < -0.39 is 11.5 Å². The van der Waals surface area contributed by atoms with E-state index in [-0.39, 0.29) is 18.2 Å². The van der Waals surface area contributed by atoms with Crippen molar-refractivity contribution in [1.82, 2.24) is 5.32 Å². The van der Waals surface area contributed by atoms with Gasteiger partial charge in [0.1, 0.15) is 0 Å². The molecule has 0 saturated heterocycles. The van der Waals surface area contributed by atoms with Gasteiger partial charge in [-0.15, -0.1) is 0 Å². The van der Waals surface area contributed by atoms with Crippen LogP contribution in [0.4, 0.5) is 0 Å². The Hall–Kier alpha value is -1.06. The first-order valence-corrected chi connectivity index (χ1v) is 7.07. The van der Waals surface area contributed by atoms with Gasteiger partial charge in [0, 0.05) is 5.92 Å². The molecule has 4 heteroatoms. The molecule has 0 radical (unpaired) electrons. The fourth-order valence-electron chi connectivity index (χ4n) is 2.57. The lowest BCUT2D eigenvalue weighted by atomic mass is 9.74. The first kappa shape index (κ1) is 15.0. The van der Waals surface area contributed by atoms with Crippen LogP contribution in [0.25, 0.3) is 0 Å². The summed E-state index contributed by atoms with van der Waals surface area (Å²) in [6.45, 7) is 4.13. The minimum atomic E-state index is -0.823. The highest BCUT2D eigenvalue weighted by Crippen LogP contribution is 2.35. The summed E-state index contributed by atoms with van der Waals surface area (Å²) in [4.78, 5) is 23.0. The number of nitrogens with one attached hydrogen (secondary N) is 1. The monoisotopic (exact) mass is 255 g/mol. The summed E-state index contributed by atoms with van der Waals surface area (Å²) < 4.78 is 0. The normalized spacial score (nSPS) is 18.8. The van der Waals surface area contributed by atoms with E-state index in [4.69, 9.17) is 5.11 Å². The predicted molar refractivity (Wildman–Crippen MR) is 70.3 cm³/mol. The third kappa shape index (κ3) is 4.00. The Labute approximate surface area is 109 Å². The Balaban J connectivity index is 2.52. The van der Waals surface area contributed by atoms with Crippen molar-refractivity contribution in [3.05, 3.63) is 0 Å². The van der Waals surface area contributed by atoms with Crippen LogP contribution >= 0.6 is 0 Å². The first-order chi connectivity index (χ1) is 8.53. The molecule has 2 N–H and O–H groups in total. The van der Waals surface area contributed by atoms with Crippen molar-refractivity contribution in [1.29, 1.82) is 0 Å². The number of unbranched alkanes of at least 4 members (excludes halogenated alkanes) is 1. The number of carboxylic acid groups (broad SMARTS) is 1. The van der Waals surface area contributed by atoms with Gasteiger partial charge in [-0.1, -0.05) is 26.7 Å². The summed E-state index contributed by atoms with van der Waals surface area (Å²) >= 11 is 0. The van der Waals surface area contributed by atoms with Crippen molar-refractivity contribution in [3.63, 3.8) is 0 Å². The maximum atomic E-state index is 12.2. The third-order valence-corrected chi connectivity index (χ3v) is 3.96. The minimum absolute atomic E-state index is 0.0382. The third-order valence-electron chi connectivity index (χ3n) is 3.96. The molecule has 1 amide bonds. The van der Waals surface area contributed by atoms with Crippen LogP contribution in [-0.2, 0) is 9.59 Å². The lowest BCUT2D eigenvalue weighted by molar-refractivity contribution is -0.140. The summed E-state index contributed by atoms with van der Waals surface area (Å²) in [6.07, 6.45) is 6.55. The van der Waals surface area contributed by atoms with Gasteiger partial charge in [-0.05, 0) is 32.1 Å². The largest absolute Gasteiger partial charge is 0.481 e. The van der Waals surface area contributed by atoms with Gasteiger partial charge >= 0.3 is 5.97 Å². The molecule has 1 unspecified atom stereocenters. The number of hydrogen-bond donors (Lipinski definition) is 2. The van der Waals surface area contributed by atoms with Crippen LogP contribution in [0, 0.1) is 5.92 Å². The van der Waals surface area contributed by atoms with Crippen molar-refractivity contribution in [2.75, 3.05) is 0 Å². The second-order valence-electron chi connectivity index (χ2n) is 5.44. The number of rotatable bonds is 8. The highest BCUT2D eigenvalue weighted by molar-refractivity contribution is 5.80. The lowest BCUT2D eigenvalue weighted by Crippen LogP contribution is -2.56. The van der Waals surface area contributed by atoms with Gasteiger partial charge in [-0.25, -0.2) is 0 Å². The minimum Gasteiger partial charge on any atom is -0.481 e. The maximum absolute atomic E-state index is 12.2. The van der Waals surface area contributed by atoms with E-state index >= 15 is 0 Å². The average Bonchev–Trinajstić information content (AvgIpc) is 2.26. The highest BCUT2D eigenvalue weighted by atomic mass is 16.4. The van der Waals surface area contributed by atoms with E-state index in [1.54, 1.807) is 0 Å². The van der Waals surface area contributed by atoms with E-state index in [1.807, 2.05) is 6.92 Å². The van der Waals surface area contributed by atoms with Gasteiger partial charge in [0.2, 0.25) is 5.91 Å². The van der Waals surface area contributed by atoms with Gasteiger partial charge in [-0.2, -0.15) is 0 Å². The Morgan fingerprint density at radius 2 is 2.00 bits per heavy atom. The predicted octanol–water partition coefficient (Wildman–Crippen LogP) is 2.72. The molecule has 4 nitrogen and oxygen atoms in total. The molecule has 1 saturated carbocycles. The summed E-state index contributed by atoms with van der Waals surface area (Å²) in [7, 11) is 0. The number of carboxylic acids is 1. The summed E-state index contributed by atoms with van der Waals surface area (Å²) in [5, 5.41) is 11.9. The van der Waals surface area contributed by atoms with E-state index in [0.717, 1.165) is 44.9 Å². The molecule has 18 heavy (non-hydrogen) atoms. The van der Waals surface area contributed by atoms with Crippen LogP contribution in [0.3, 0.4) is 0 Å². The van der Waals surface area contributed by atoms with E-state index in [1.165, 1.54) is 0 Å². The van der Waals surface area contributed by atoms with Crippen LogP contribution in [0.1, 0.15) is 65.2 Å². The fourth-order valence-corrected chi connectivity index (χ4v) is 2.57. The van der Waals surface area contributed by atoms with Crippen LogP contribution in [0.15, 0.2) is 0 Å². The summed E-state index contributed by atoms with van der Waals surface area (Å²) in [6, 6.07) is 0. The number of amides is 1. The Morgan fingerprint density at radius 3 is 2.39 bits per heavy atom. The van der Waals surface area contributed by atoms with Gasteiger partial charge < -0.3 is 10.4 Å². The molecule has 1 aliphatic rings. The smallest absolute Gasteiger partial charge is 0.305 e. The van der Waals surface area contributed by atoms with Crippen molar-refractivity contribution >= 4 is 11.9 Å². The SMILES string of the molecule is CCCCC(CC)C(=O)NC1(CC(=O)O)CCC1. The topological polar surface area (TPSA) is 66.4 Å². The fraction of sp³-hybridized carbons (Fsp3) is 0.857.